The van der Waals surface area contributed by atoms with Crippen LogP contribution in [0.2, 0.25) is 0 Å². The molecule has 10 heteroatoms. The Labute approximate surface area is 181 Å². The van der Waals surface area contributed by atoms with Crippen LogP contribution in [0.5, 0.6) is 0 Å². The number of hydrogen-bond acceptors (Lipinski definition) is 8. The third-order valence-corrected chi connectivity index (χ3v) is 7.36. The number of piperidine rings is 1. The highest BCUT2D eigenvalue weighted by Crippen LogP contribution is 2.24. The maximum Gasteiger partial charge on any atom is 0.409 e. The number of ketones is 1. The lowest BCUT2D eigenvalue weighted by Gasteiger charge is -2.31. The Morgan fingerprint density at radius 1 is 1.31 bits per heavy atom. The summed E-state index contributed by atoms with van der Waals surface area (Å²) in [6.07, 6.45) is 1.36. The molecule has 2 aromatic rings. The standard InChI is InChI=1S/C19H23N3O4S3/c1-2-26-19(25)22-7-5-13(6-8-22)20-17(24)10-14-11-28-18(21-14)29-12-15(23)16-4-3-9-27-16/h3-4,9,11,13H,2,5-8,10,12H2,1H3,(H,20,24). The summed E-state index contributed by atoms with van der Waals surface area (Å²) in [5.41, 5.74) is 0.711. The van der Waals surface area contributed by atoms with Crippen LogP contribution in [-0.4, -0.2) is 59.2 Å². The summed E-state index contributed by atoms with van der Waals surface area (Å²) >= 11 is 4.29. The van der Waals surface area contributed by atoms with Crippen LogP contribution >= 0.6 is 34.4 Å². The minimum absolute atomic E-state index is 0.0593. The number of aromatic nitrogens is 1. The van der Waals surface area contributed by atoms with E-state index in [0.29, 0.717) is 44.0 Å². The zero-order valence-corrected chi connectivity index (χ0v) is 18.5. The largest absolute Gasteiger partial charge is 0.450 e. The van der Waals surface area contributed by atoms with Gasteiger partial charge >= 0.3 is 6.09 Å². The van der Waals surface area contributed by atoms with Crippen molar-refractivity contribution in [1.29, 1.82) is 0 Å². The van der Waals surface area contributed by atoms with Gasteiger partial charge in [0, 0.05) is 24.5 Å². The van der Waals surface area contributed by atoms with Crippen molar-refractivity contribution < 1.29 is 19.1 Å². The molecule has 1 aliphatic rings. The van der Waals surface area contributed by atoms with E-state index in [1.54, 1.807) is 11.8 Å². The monoisotopic (exact) mass is 453 g/mol. The minimum Gasteiger partial charge on any atom is -0.450 e. The van der Waals surface area contributed by atoms with Gasteiger partial charge in [-0.3, -0.25) is 9.59 Å². The molecule has 2 aromatic heterocycles. The van der Waals surface area contributed by atoms with E-state index in [2.05, 4.69) is 10.3 Å². The SMILES string of the molecule is CCOC(=O)N1CCC(NC(=O)Cc2csc(SCC(=O)c3cccs3)n2)CC1. The Morgan fingerprint density at radius 2 is 2.10 bits per heavy atom. The van der Waals surface area contributed by atoms with Crippen LogP contribution in [0.25, 0.3) is 0 Å². The molecule has 0 saturated carbocycles. The first-order chi connectivity index (χ1) is 14.0. The summed E-state index contributed by atoms with van der Waals surface area (Å²) < 4.78 is 5.80. The third kappa shape index (κ3) is 6.55. The fraction of sp³-hybridized carbons (Fsp3) is 0.474. The number of thiazole rings is 1. The molecule has 0 aliphatic carbocycles. The Hall–Kier alpha value is -1.91. The number of hydrogen-bond donors (Lipinski definition) is 1. The van der Waals surface area contributed by atoms with Crippen LogP contribution in [-0.2, 0) is 16.0 Å². The van der Waals surface area contributed by atoms with E-state index in [1.807, 2.05) is 22.9 Å². The van der Waals surface area contributed by atoms with Crippen molar-refractivity contribution in [1.82, 2.24) is 15.2 Å². The van der Waals surface area contributed by atoms with Gasteiger partial charge < -0.3 is 15.0 Å². The number of likely N-dealkylation sites (tertiary alicyclic amines) is 1. The molecule has 0 aromatic carbocycles. The summed E-state index contributed by atoms with van der Waals surface area (Å²) in [4.78, 5) is 43.0. The second-order valence-electron chi connectivity index (χ2n) is 6.50. The maximum absolute atomic E-state index is 12.3. The summed E-state index contributed by atoms with van der Waals surface area (Å²) in [7, 11) is 0. The fourth-order valence-electron chi connectivity index (χ4n) is 2.94. The van der Waals surface area contributed by atoms with Crippen molar-refractivity contribution in [3.63, 3.8) is 0 Å². The first kappa shape index (κ1) is 21.8. The number of nitrogens with zero attached hydrogens (tertiary/aromatic N) is 2. The quantitative estimate of drug-likeness (QED) is 0.486. The van der Waals surface area contributed by atoms with Crippen molar-refractivity contribution >= 4 is 52.2 Å². The topological polar surface area (TPSA) is 88.6 Å². The van der Waals surface area contributed by atoms with Gasteiger partial charge in [0.2, 0.25) is 5.91 Å². The van der Waals surface area contributed by atoms with Crippen molar-refractivity contribution in [2.75, 3.05) is 25.4 Å². The van der Waals surface area contributed by atoms with Gasteiger partial charge in [-0.2, -0.15) is 0 Å². The van der Waals surface area contributed by atoms with Crippen LogP contribution < -0.4 is 5.32 Å². The molecule has 156 valence electrons. The molecule has 0 radical (unpaired) electrons. The predicted octanol–water partition coefficient (Wildman–Crippen LogP) is 3.46. The molecule has 3 rings (SSSR count). The Bertz CT molecular complexity index is 830. The molecule has 0 bridgehead atoms. The molecule has 0 unspecified atom stereocenters. The Kier molecular flexibility index (Phi) is 8.08. The third-order valence-electron chi connectivity index (χ3n) is 4.38. The lowest BCUT2D eigenvalue weighted by Crippen LogP contribution is -2.47. The normalized spacial score (nSPS) is 14.6. The molecule has 29 heavy (non-hydrogen) atoms. The molecule has 7 nitrogen and oxygen atoms in total. The number of nitrogens with one attached hydrogen (secondary N) is 1. The van der Waals surface area contributed by atoms with E-state index in [0.717, 1.165) is 9.22 Å². The molecule has 0 atom stereocenters. The molecule has 1 aliphatic heterocycles. The fourth-order valence-corrected chi connectivity index (χ4v) is 5.42. The van der Waals surface area contributed by atoms with Gasteiger partial charge in [-0.25, -0.2) is 9.78 Å². The number of thioether (sulfide) groups is 1. The van der Waals surface area contributed by atoms with Crippen LogP contribution in [0, 0.1) is 0 Å². The second kappa shape index (κ2) is 10.7. The molecule has 1 fully saturated rings. The Balaban J connectivity index is 1.39. The number of rotatable bonds is 8. The molecule has 1 saturated heterocycles. The molecule has 1 N–H and O–H groups in total. The lowest BCUT2D eigenvalue weighted by atomic mass is 10.1. The average molecular weight is 454 g/mol. The molecular formula is C19H23N3O4S3. The van der Waals surface area contributed by atoms with E-state index in [9.17, 15) is 14.4 Å². The van der Waals surface area contributed by atoms with Gasteiger partial charge in [-0.1, -0.05) is 17.8 Å². The van der Waals surface area contributed by atoms with E-state index >= 15 is 0 Å². The Morgan fingerprint density at radius 3 is 2.79 bits per heavy atom. The van der Waals surface area contributed by atoms with Crippen molar-refractivity contribution in [2.45, 2.75) is 36.6 Å². The van der Waals surface area contributed by atoms with Gasteiger partial charge in [0.25, 0.3) is 0 Å². The second-order valence-corrected chi connectivity index (χ2v) is 9.53. The smallest absolute Gasteiger partial charge is 0.409 e. The van der Waals surface area contributed by atoms with Gasteiger partial charge in [-0.05, 0) is 31.2 Å². The summed E-state index contributed by atoms with van der Waals surface area (Å²) in [6.45, 7) is 3.32. The summed E-state index contributed by atoms with van der Waals surface area (Å²) in [6, 6.07) is 3.75. The molecular weight excluding hydrogens is 430 g/mol. The number of ether oxygens (including phenoxy) is 1. The van der Waals surface area contributed by atoms with Crippen LogP contribution in [0.4, 0.5) is 4.79 Å². The summed E-state index contributed by atoms with van der Waals surface area (Å²) in [5, 5.41) is 6.77. The average Bonchev–Trinajstić information content (AvgIpc) is 3.39. The van der Waals surface area contributed by atoms with Crippen molar-refractivity contribution in [2.24, 2.45) is 0 Å². The number of amides is 2. The molecule has 0 spiro atoms. The zero-order valence-electron chi connectivity index (χ0n) is 16.1. The highest BCUT2D eigenvalue weighted by atomic mass is 32.2. The number of carbonyl (C=O) groups excluding carboxylic acids is 3. The van der Waals surface area contributed by atoms with Crippen molar-refractivity contribution in [3.05, 3.63) is 33.5 Å². The van der Waals surface area contributed by atoms with Crippen LogP contribution in [0.1, 0.15) is 35.1 Å². The zero-order chi connectivity index (χ0) is 20.6. The highest BCUT2D eigenvalue weighted by molar-refractivity contribution is 8.01. The first-order valence-corrected chi connectivity index (χ1v) is 12.1. The molecule has 3 heterocycles. The van der Waals surface area contributed by atoms with Crippen LogP contribution in [0.15, 0.2) is 27.2 Å². The van der Waals surface area contributed by atoms with Gasteiger partial charge in [0.1, 0.15) is 0 Å². The van der Waals surface area contributed by atoms with Gasteiger partial charge in [-0.15, -0.1) is 22.7 Å². The maximum atomic E-state index is 12.3. The van der Waals surface area contributed by atoms with Gasteiger partial charge in [0.05, 0.1) is 29.4 Å². The lowest BCUT2D eigenvalue weighted by molar-refractivity contribution is -0.121. The van der Waals surface area contributed by atoms with E-state index in [4.69, 9.17) is 4.74 Å². The number of thiophene rings is 1. The number of carbonyl (C=O) groups is 3. The molecule has 2 amide bonds. The summed E-state index contributed by atoms with van der Waals surface area (Å²) in [5.74, 6) is 0.364. The first-order valence-electron chi connectivity index (χ1n) is 9.40. The predicted molar refractivity (Wildman–Crippen MR) is 115 cm³/mol. The van der Waals surface area contributed by atoms with Gasteiger partial charge in [0.15, 0.2) is 10.1 Å². The van der Waals surface area contributed by atoms with Crippen LogP contribution in [0.3, 0.4) is 0 Å². The van der Waals surface area contributed by atoms with E-state index in [-0.39, 0.29) is 30.2 Å². The van der Waals surface area contributed by atoms with E-state index < -0.39 is 0 Å². The minimum atomic E-state index is -0.290. The highest BCUT2D eigenvalue weighted by Gasteiger charge is 2.24. The van der Waals surface area contributed by atoms with Crippen molar-refractivity contribution in [3.8, 4) is 0 Å². The van der Waals surface area contributed by atoms with E-state index in [1.165, 1.54) is 34.4 Å². The number of Topliss-reactive ketones (excluding diaryl/α,β-unsaturated/α-hetero) is 1.